The molecule has 102 valence electrons. The van der Waals surface area contributed by atoms with Crippen molar-refractivity contribution in [3.8, 4) is 0 Å². The lowest BCUT2D eigenvalue weighted by molar-refractivity contribution is 0.185. The summed E-state index contributed by atoms with van der Waals surface area (Å²) >= 11 is 3.67. The summed E-state index contributed by atoms with van der Waals surface area (Å²) in [6, 6.07) is 7.80. The molecule has 1 saturated carbocycles. The average molecular weight is 292 g/mol. The summed E-state index contributed by atoms with van der Waals surface area (Å²) in [5.41, 5.74) is 7.50. The molecule has 2 N–H and O–H groups in total. The molecule has 0 saturated heterocycles. The molecular weight excluding hydrogens is 272 g/mol. The van der Waals surface area contributed by atoms with Crippen molar-refractivity contribution >= 4 is 22.7 Å². The Morgan fingerprint density at radius 3 is 2.74 bits per heavy atom. The van der Waals surface area contributed by atoms with E-state index in [9.17, 15) is 0 Å². The van der Waals surface area contributed by atoms with Gasteiger partial charge in [0.2, 0.25) is 0 Å². The maximum Gasteiger partial charge on any atom is 0.0570 e. The number of aryl methyl sites for hydroxylation is 1. The zero-order chi connectivity index (χ0) is 13.2. The van der Waals surface area contributed by atoms with Crippen LogP contribution in [0.4, 0.5) is 0 Å². The number of hydrogen-bond acceptors (Lipinski definition) is 4. The van der Waals surface area contributed by atoms with Gasteiger partial charge in [-0.05, 0) is 54.3 Å². The molecular formula is C15H20N2S2. The highest BCUT2D eigenvalue weighted by Gasteiger charge is 2.34. The van der Waals surface area contributed by atoms with Crippen molar-refractivity contribution < 1.29 is 0 Å². The van der Waals surface area contributed by atoms with Gasteiger partial charge in [0.05, 0.1) is 6.04 Å². The third-order valence-corrected chi connectivity index (χ3v) is 5.51. The quantitative estimate of drug-likeness (QED) is 0.878. The number of hydrogen-bond donors (Lipinski definition) is 1. The topological polar surface area (TPSA) is 29.3 Å². The van der Waals surface area contributed by atoms with Gasteiger partial charge in [0, 0.05) is 28.9 Å². The van der Waals surface area contributed by atoms with Gasteiger partial charge in [-0.3, -0.25) is 4.90 Å². The molecule has 1 fully saturated rings. The highest BCUT2D eigenvalue weighted by atomic mass is 32.1. The van der Waals surface area contributed by atoms with Crippen LogP contribution >= 0.6 is 22.7 Å². The second-order valence-electron chi connectivity index (χ2n) is 5.24. The van der Waals surface area contributed by atoms with Crippen LogP contribution in [0.2, 0.25) is 0 Å². The third kappa shape index (κ3) is 3.08. The normalized spacial score (nSPS) is 17.0. The van der Waals surface area contributed by atoms with Gasteiger partial charge in [-0.25, -0.2) is 0 Å². The molecule has 0 aromatic carbocycles. The van der Waals surface area contributed by atoms with E-state index in [2.05, 4.69) is 40.8 Å². The molecule has 1 atom stereocenters. The molecule has 2 aromatic rings. The van der Waals surface area contributed by atoms with Crippen LogP contribution in [-0.4, -0.2) is 17.5 Å². The Morgan fingerprint density at radius 2 is 2.21 bits per heavy atom. The Labute approximate surface area is 122 Å². The maximum atomic E-state index is 6.08. The largest absolute Gasteiger partial charge is 0.329 e. The van der Waals surface area contributed by atoms with Crippen LogP contribution in [0.25, 0.3) is 0 Å². The Kier molecular flexibility index (Phi) is 4.03. The molecule has 4 heteroatoms. The van der Waals surface area contributed by atoms with Gasteiger partial charge in [0.15, 0.2) is 0 Å². The lowest BCUT2D eigenvalue weighted by atomic mass is 10.1. The van der Waals surface area contributed by atoms with Crippen molar-refractivity contribution in [1.82, 2.24) is 4.90 Å². The van der Waals surface area contributed by atoms with Crippen molar-refractivity contribution in [2.24, 2.45) is 5.73 Å². The van der Waals surface area contributed by atoms with Gasteiger partial charge in [-0.15, -0.1) is 11.3 Å². The maximum absolute atomic E-state index is 6.08. The SMILES string of the molecule is Cc1ccc(C(CN)N(Cc2ccsc2)C2CC2)s1. The first-order valence-electron chi connectivity index (χ1n) is 6.81. The fraction of sp³-hybridized carbons (Fsp3) is 0.467. The molecule has 2 heterocycles. The highest BCUT2D eigenvalue weighted by molar-refractivity contribution is 7.12. The summed E-state index contributed by atoms with van der Waals surface area (Å²) in [6.45, 7) is 3.91. The first-order chi connectivity index (χ1) is 9.28. The Morgan fingerprint density at radius 1 is 1.37 bits per heavy atom. The minimum Gasteiger partial charge on any atom is -0.329 e. The fourth-order valence-corrected chi connectivity index (χ4v) is 4.21. The van der Waals surface area contributed by atoms with E-state index < -0.39 is 0 Å². The van der Waals surface area contributed by atoms with Crippen molar-refractivity contribution in [2.45, 2.75) is 38.4 Å². The standard InChI is InChI=1S/C15H20N2S2/c1-11-2-5-15(19-11)14(8-16)17(13-3-4-13)9-12-6-7-18-10-12/h2,5-7,10,13-14H,3-4,8-9,16H2,1H3. The van der Waals surface area contributed by atoms with Gasteiger partial charge in [0.25, 0.3) is 0 Å². The summed E-state index contributed by atoms with van der Waals surface area (Å²) < 4.78 is 0. The molecule has 1 unspecified atom stereocenters. The number of thiophene rings is 2. The van der Waals surface area contributed by atoms with Crippen LogP contribution < -0.4 is 5.73 Å². The van der Waals surface area contributed by atoms with E-state index in [1.165, 1.54) is 28.2 Å². The fourth-order valence-electron chi connectivity index (χ4n) is 2.54. The van der Waals surface area contributed by atoms with Crippen LogP contribution in [-0.2, 0) is 6.54 Å². The van der Waals surface area contributed by atoms with E-state index in [-0.39, 0.29) is 0 Å². The summed E-state index contributed by atoms with van der Waals surface area (Å²) in [7, 11) is 0. The van der Waals surface area contributed by atoms with Crippen molar-refractivity contribution in [3.63, 3.8) is 0 Å². The minimum absolute atomic E-state index is 0.381. The summed E-state index contributed by atoms with van der Waals surface area (Å²) in [5, 5.41) is 4.41. The molecule has 0 bridgehead atoms. The van der Waals surface area contributed by atoms with Gasteiger partial charge in [0.1, 0.15) is 0 Å². The van der Waals surface area contributed by atoms with E-state index in [0.717, 1.165) is 12.6 Å². The van der Waals surface area contributed by atoms with E-state index >= 15 is 0 Å². The third-order valence-electron chi connectivity index (χ3n) is 3.67. The molecule has 0 aliphatic heterocycles. The first-order valence-corrected chi connectivity index (χ1v) is 8.57. The smallest absolute Gasteiger partial charge is 0.0570 e. The zero-order valence-electron chi connectivity index (χ0n) is 11.2. The molecule has 1 aliphatic carbocycles. The van der Waals surface area contributed by atoms with Gasteiger partial charge < -0.3 is 5.73 Å². The Bertz CT molecular complexity index is 514. The monoisotopic (exact) mass is 292 g/mol. The Balaban J connectivity index is 1.81. The highest BCUT2D eigenvalue weighted by Crippen LogP contribution is 2.37. The molecule has 2 aromatic heterocycles. The molecule has 19 heavy (non-hydrogen) atoms. The van der Waals surface area contributed by atoms with Crippen molar-refractivity contribution in [1.29, 1.82) is 0 Å². The van der Waals surface area contributed by atoms with Crippen LogP contribution in [0, 0.1) is 6.92 Å². The Hall–Kier alpha value is -0.680. The molecule has 3 rings (SSSR count). The van der Waals surface area contributed by atoms with E-state index in [4.69, 9.17) is 5.73 Å². The van der Waals surface area contributed by atoms with E-state index in [1.54, 1.807) is 11.3 Å². The van der Waals surface area contributed by atoms with Crippen LogP contribution in [0.3, 0.4) is 0 Å². The van der Waals surface area contributed by atoms with E-state index in [1.807, 2.05) is 11.3 Å². The zero-order valence-corrected chi connectivity index (χ0v) is 12.8. The van der Waals surface area contributed by atoms with Crippen LogP contribution in [0.5, 0.6) is 0 Å². The summed E-state index contributed by atoms with van der Waals surface area (Å²) in [6.07, 6.45) is 2.65. The second-order valence-corrected chi connectivity index (χ2v) is 7.33. The molecule has 0 spiro atoms. The van der Waals surface area contributed by atoms with Gasteiger partial charge >= 0.3 is 0 Å². The second kappa shape index (κ2) is 5.75. The first kappa shape index (κ1) is 13.3. The van der Waals surface area contributed by atoms with Crippen molar-refractivity contribution in [3.05, 3.63) is 44.3 Å². The lowest BCUT2D eigenvalue weighted by Gasteiger charge is -2.30. The number of nitrogens with zero attached hydrogens (tertiary/aromatic N) is 1. The van der Waals surface area contributed by atoms with Gasteiger partial charge in [-0.1, -0.05) is 0 Å². The van der Waals surface area contributed by atoms with E-state index in [0.29, 0.717) is 12.6 Å². The molecule has 0 radical (unpaired) electrons. The van der Waals surface area contributed by atoms with Gasteiger partial charge in [-0.2, -0.15) is 11.3 Å². The average Bonchev–Trinajstić information content (AvgIpc) is 2.95. The lowest BCUT2D eigenvalue weighted by Crippen LogP contribution is -2.34. The molecule has 1 aliphatic rings. The number of nitrogens with two attached hydrogens (primary N) is 1. The van der Waals surface area contributed by atoms with Crippen LogP contribution in [0.1, 0.15) is 34.2 Å². The summed E-state index contributed by atoms with van der Waals surface area (Å²) in [4.78, 5) is 5.40. The summed E-state index contributed by atoms with van der Waals surface area (Å²) in [5.74, 6) is 0. The number of rotatable bonds is 6. The minimum atomic E-state index is 0.381. The van der Waals surface area contributed by atoms with Crippen molar-refractivity contribution in [2.75, 3.05) is 6.54 Å². The van der Waals surface area contributed by atoms with Crippen LogP contribution in [0.15, 0.2) is 29.0 Å². The molecule has 0 amide bonds. The molecule has 2 nitrogen and oxygen atoms in total. The predicted molar refractivity (Wildman–Crippen MR) is 83.7 cm³/mol. The predicted octanol–water partition coefficient (Wildman–Crippen LogP) is 3.78.